The molecule has 0 radical (unpaired) electrons. The minimum absolute atomic E-state index is 0.0848. The molecule has 2 rings (SSSR count). The van der Waals surface area contributed by atoms with Crippen LogP contribution in [-0.2, 0) is 16.1 Å². The molecule has 0 aliphatic heterocycles. The quantitative estimate of drug-likeness (QED) is 0.791. The van der Waals surface area contributed by atoms with Gasteiger partial charge in [-0.2, -0.15) is 0 Å². The third kappa shape index (κ3) is 4.35. The van der Waals surface area contributed by atoms with Crippen molar-refractivity contribution in [1.82, 2.24) is 9.88 Å². The highest BCUT2D eigenvalue weighted by atomic mass is 35.5. The third-order valence-corrected chi connectivity index (χ3v) is 3.26. The van der Waals surface area contributed by atoms with Crippen molar-refractivity contribution in [3.63, 3.8) is 0 Å². The molecule has 1 heterocycles. The molecule has 0 aliphatic carbocycles. The molecule has 0 saturated carbocycles. The highest BCUT2D eigenvalue weighted by Gasteiger charge is 2.12. The first kappa shape index (κ1) is 16.6. The molecule has 1 aromatic heterocycles. The molecule has 22 heavy (non-hydrogen) atoms. The van der Waals surface area contributed by atoms with Crippen molar-refractivity contribution in [2.24, 2.45) is 0 Å². The number of ether oxygens (including phenoxy) is 1. The Morgan fingerprint density at radius 3 is 2.95 bits per heavy atom. The van der Waals surface area contributed by atoms with Crippen LogP contribution < -0.4 is 11.1 Å². The van der Waals surface area contributed by atoms with Gasteiger partial charge in [0.1, 0.15) is 6.54 Å². The summed E-state index contributed by atoms with van der Waals surface area (Å²) in [6, 6.07) is 4.86. The lowest BCUT2D eigenvalue weighted by molar-refractivity contribution is -0.121. The maximum absolute atomic E-state index is 11.9. The maximum Gasteiger partial charge on any atom is 0.420 e. The second-order valence-corrected chi connectivity index (χ2v) is 5.63. The standard InChI is InChI=1S/C15H19ClN2O4/c1-10(2)21-7-3-6-17-14(19)9-18-12-5-4-11(16)8-13(12)22-15(18)20/h4-5,8,10H,3,6-7,9H2,1-2H3,(H,17,19). The molecule has 1 N–H and O–H groups in total. The minimum Gasteiger partial charge on any atom is -0.408 e. The summed E-state index contributed by atoms with van der Waals surface area (Å²) in [6.07, 6.45) is 0.902. The van der Waals surface area contributed by atoms with Crippen molar-refractivity contribution in [2.75, 3.05) is 13.2 Å². The zero-order chi connectivity index (χ0) is 16.1. The van der Waals surface area contributed by atoms with Crippen LogP contribution in [0.2, 0.25) is 5.02 Å². The molecule has 2 aromatic rings. The molecule has 0 saturated heterocycles. The molecule has 120 valence electrons. The van der Waals surface area contributed by atoms with Gasteiger partial charge in [-0.05, 0) is 32.4 Å². The average molecular weight is 327 g/mol. The van der Waals surface area contributed by atoms with Crippen molar-refractivity contribution in [3.8, 4) is 0 Å². The second-order valence-electron chi connectivity index (χ2n) is 5.19. The highest BCUT2D eigenvalue weighted by Crippen LogP contribution is 2.18. The van der Waals surface area contributed by atoms with Crippen LogP contribution in [0.3, 0.4) is 0 Å². The number of halogens is 1. The fourth-order valence-corrected chi connectivity index (χ4v) is 2.17. The number of rotatable bonds is 7. The Bertz CT molecular complexity index is 705. The van der Waals surface area contributed by atoms with Gasteiger partial charge in [0.05, 0.1) is 11.6 Å². The van der Waals surface area contributed by atoms with E-state index in [1.807, 2.05) is 13.8 Å². The Labute approximate surface area is 133 Å². The normalized spacial score (nSPS) is 11.3. The Morgan fingerprint density at radius 1 is 1.45 bits per heavy atom. The van der Waals surface area contributed by atoms with Crippen molar-refractivity contribution in [2.45, 2.75) is 32.9 Å². The number of fused-ring (bicyclic) bond motifs is 1. The van der Waals surface area contributed by atoms with Gasteiger partial charge in [-0.3, -0.25) is 9.36 Å². The Morgan fingerprint density at radius 2 is 2.23 bits per heavy atom. The molecule has 1 amide bonds. The summed E-state index contributed by atoms with van der Waals surface area (Å²) in [5.74, 6) is -0.820. The molecule has 6 nitrogen and oxygen atoms in total. The fourth-order valence-electron chi connectivity index (χ4n) is 2.01. The fraction of sp³-hybridized carbons (Fsp3) is 0.467. The van der Waals surface area contributed by atoms with Gasteiger partial charge < -0.3 is 14.5 Å². The van der Waals surface area contributed by atoms with Gasteiger partial charge in [-0.15, -0.1) is 0 Å². The zero-order valence-electron chi connectivity index (χ0n) is 12.6. The average Bonchev–Trinajstić information content (AvgIpc) is 2.73. The monoisotopic (exact) mass is 326 g/mol. The first-order valence-corrected chi connectivity index (χ1v) is 7.52. The number of amides is 1. The Hall–Kier alpha value is -1.79. The third-order valence-electron chi connectivity index (χ3n) is 3.03. The lowest BCUT2D eigenvalue weighted by Gasteiger charge is -2.08. The van der Waals surface area contributed by atoms with E-state index in [9.17, 15) is 9.59 Å². The van der Waals surface area contributed by atoms with E-state index in [-0.39, 0.29) is 18.6 Å². The van der Waals surface area contributed by atoms with Crippen LogP contribution >= 0.6 is 11.6 Å². The highest BCUT2D eigenvalue weighted by molar-refractivity contribution is 6.31. The summed E-state index contributed by atoms with van der Waals surface area (Å²) in [5.41, 5.74) is 0.920. The zero-order valence-corrected chi connectivity index (χ0v) is 13.4. The molecular formula is C15H19ClN2O4. The van der Waals surface area contributed by atoms with E-state index in [4.69, 9.17) is 20.8 Å². The van der Waals surface area contributed by atoms with E-state index in [1.165, 1.54) is 4.57 Å². The first-order chi connectivity index (χ1) is 10.5. The molecular weight excluding hydrogens is 308 g/mol. The smallest absolute Gasteiger partial charge is 0.408 e. The van der Waals surface area contributed by atoms with E-state index < -0.39 is 5.76 Å². The van der Waals surface area contributed by atoms with Crippen LogP contribution in [-0.4, -0.2) is 29.7 Å². The summed E-state index contributed by atoms with van der Waals surface area (Å²) < 4.78 is 11.7. The predicted molar refractivity (Wildman–Crippen MR) is 84.2 cm³/mol. The van der Waals surface area contributed by atoms with E-state index in [2.05, 4.69) is 5.32 Å². The second kappa shape index (κ2) is 7.47. The summed E-state index contributed by atoms with van der Waals surface area (Å²) >= 11 is 5.84. The van der Waals surface area contributed by atoms with Gasteiger partial charge >= 0.3 is 5.76 Å². The van der Waals surface area contributed by atoms with Crippen LogP contribution in [0.25, 0.3) is 11.1 Å². The number of aromatic nitrogens is 1. The molecule has 0 aliphatic rings. The van der Waals surface area contributed by atoms with Gasteiger partial charge in [0, 0.05) is 24.2 Å². The predicted octanol–water partition coefficient (Wildman–Crippen LogP) is 2.18. The van der Waals surface area contributed by atoms with E-state index in [1.54, 1.807) is 18.2 Å². The molecule has 0 atom stereocenters. The molecule has 0 spiro atoms. The first-order valence-electron chi connectivity index (χ1n) is 7.14. The number of benzene rings is 1. The van der Waals surface area contributed by atoms with Crippen molar-refractivity contribution in [3.05, 3.63) is 33.8 Å². The summed E-state index contributed by atoms with van der Waals surface area (Å²) in [4.78, 5) is 23.7. The van der Waals surface area contributed by atoms with Crippen LogP contribution in [0.4, 0.5) is 0 Å². The van der Waals surface area contributed by atoms with Crippen molar-refractivity contribution >= 4 is 28.6 Å². The number of nitrogens with zero attached hydrogens (tertiary/aromatic N) is 1. The van der Waals surface area contributed by atoms with E-state index in [0.29, 0.717) is 29.3 Å². The largest absolute Gasteiger partial charge is 0.420 e. The van der Waals surface area contributed by atoms with Crippen LogP contribution in [0.15, 0.2) is 27.4 Å². The van der Waals surface area contributed by atoms with Crippen LogP contribution in [0.1, 0.15) is 20.3 Å². The number of hydrogen-bond donors (Lipinski definition) is 1. The summed E-state index contributed by atoms with van der Waals surface area (Å²) in [6.45, 7) is 4.92. The molecule has 0 fully saturated rings. The van der Waals surface area contributed by atoms with Crippen LogP contribution in [0, 0.1) is 0 Å². The lowest BCUT2D eigenvalue weighted by Crippen LogP contribution is -2.31. The molecule has 7 heteroatoms. The van der Waals surface area contributed by atoms with Crippen molar-refractivity contribution < 1.29 is 13.9 Å². The maximum atomic E-state index is 11.9. The topological polar surface area (TPSA) is 73.5 Å². The van der Waals surface area contributed by atoms with Gasteiger partial charge in [0.25, 0.3) is 0 Å². The number of carbonyl (C=O) groups excluding carboxylic acids is 1. The minimum atomic E-state index is -0.574. The number of hydrogen-bond acceptors (Lipinski definition) is 4. The molecule has 0 unspecified atom stereocenters. The number of oxazole rings is 1. The van der Waals surface area contributed by atoms with Gasteiger partial charge in [-0.25, -0.2) is 4.79 Å². The summed E-state index contributed by atoms with van der Waals surface area (Å²) in [7, 11) is 0. The Kier molecular flexibility index (Phi) is 5.63. The van der Waals surface area contributed by atoms with Crippen molar-refractivity contribution in [1.29, 1.82) is 0 Å². The van der Waals surface area contributed by atoms with E-state index >= 15 is 0 Å². The number of nitrogens with one attached hydrogen (secondary N) is 1. The number of carbonyl (C=O) groups is 1. The summed E-state index contributed by atoms with van der Waals surface area (Å²) in [5, 5.41) is 3.23. The molecule has 0 bridgehead atoms. The molecule has 1 aromatic carbocycles. The van der Waals surface area contributed by atoms with Gasteiger partial charge in [0.2, 0.25) is 5.91 Å². The lowest BCUT2D eigenvalue weighted by atomic mass is 10.3. The SMILES string of the molecule is CC(C)OCCCNC(=O)Cn1c(=O)oc2cc(Cl)ccc21. The van der Waals surface area contributed by atoms with Gasteiger partial charge in [0.15, 0.2) is 5.58 Å². The Balaban J connectivity index is 1.92. The van der Waals surface area contributed by atoms with Gasteiger partial charge in [-0.1, -0.05) is 11.6 Å². The van der Waals surface area contributed by atoms with E-state index in [0.717, 1.165) is 6.42 Å². The van der Waals surface area contributed by atoms with Crippen LogP contribution in [0.5, 0.6) is 0 Å².